The average molecular weight is 371 g/mol. The molecular formula is C20H26N4OS. The van der Waals surface area contributed by atoms with E-state index in [2.05, 4.69) is 22.4 Å². The lowest BCUT2D eigenvalue weighted by molar-refractivity contribution is -0.138. The summed E-state index contributed by atoms with van der Waals surface area (Å²) in [6.45, 7) is 4.17. The van der Waals surface area contributed by atoms with E-state index in [1.54, 1.807) is 11.3 Å². The number of carbonyl (C=O) groups is 1. The van der Waals surface area contributed by atoms with E-state index in [-0.39, 0.29) is 5.91 Å². The van der Waals surface area contributed by atoms with Crippen molar-refractivity contribution in [2.24, 2.45) is 5.73 Å². The van der Waals surface area contributed by atoms with E-state index in [0.717, 1.165) is 69.1 Å². The van der Waals surface area contributed by atoms with E-state index in [1.165, 1.54) is 5.56 Å². The maximum Gasteiger partial charge on any atom is 0.242 e. The van der Waals surface area contributed by atoms with Gasteiger partial charge in [0, 0.05) is 43.7 Å². The van der Waals surface area contributed by atoms with Gasteiger partial charge in [0.25, 0.3) is 0 Å². The summed E-state index contributed by atoms with van der Waals surface area (Å²) >= 11 is 1.69. The van der Waals surface area contributed by atoms with Crippen LogP contribution in [0, 0.1) is 0 Å². The standard InChI is InChI=1S/C20H26N4OS/c21-20(8-4-5-9-20)19(25)24-12-10-23(11-13-24)14-17-15-26-18(22-17)16-6-2-1-3-7-16/h1-3,6-7,15H,4-5,8-14,21H2. The van der Waals surface area contributed by atoms with Crippen LogP contribution < -0.4 is 5.73 Å². The zero-order chi connectivity index (χ0) is 18.0. The Bertz CT molecular complexity index is 746. The summed E-state index contributed by atoms with van der Waals surface area (Å²) in [5, 5.41) is 3.22. The Morgan fingerprint density at radius 3 is 2.50 bits per heavy atom. The topological polar surface area (TPSA) is 62.5 Å². The quantitative estimate of drug-likeness (QED) is 0.899. The minimum absolute atomic E-state index is 0.162. The van der Waals surface area contributed by atoms with Crippen LogP contribution in [0.3, 0.4) is 0 Å². The minimum atomic E-state index is -0.596. The number of carbonyl (C=O) groups excluding carboxylic acids is 1. The van der Waals surface area contributed by atoms with Crippen LogP contribution >= 0.6 is 11.3 Å². The van der Waals surface area contributed by atoms with Crippen LogP contribution in [-0.2, 0) is 11.3 Å². The number of hydrogen-bond acceptors (Lipinski definition) is 5. The fraction of sp³-hybridized carbons (Fsp3) is 0.500. The monoisotopic (exact) mass is 370 g/mol. The van der Waals surface area contributed by atoms with Crippen molar-refractivity contribution in [1.29, 1.82) is 0 Å². The van der Waals surface area contributed by atoms with Crippen LogP contribution in [0.1, 0.15) is 31.4 Å². The van der Waals surface area contributed by atoms with E-state index in [1.807, 2.05) is 23.1 Å². The van der Waals surface area contributed by atoms with E-state index >= 15 is 0 Å². The Morgan fingerprint density at radius 2 is 1.81 bits per heavy atom. The van der Waals surface area contributed by atoms with Gasteiger partial charge in [-0.05, 0) is 12.8 Å². The molecule has 6 heteroatoms. The van der Waals surface area contributed by atoms with Crippen LogP contribution in [-0.4, -0.2) is 52.4 Å². The molecule has 1 aromatic heterocycles. The smallest absolute Gasteiger partial charge is 0.242 e. The average Bonchev–Trinajstić information content (AvgIpc) is 3.33. The Balaban J connectivity index is 1.32. The van der Waals surface area contributed by atoms with Crippen molar-refractivity contribution in [3.8, 4) is 10.6 Å². The highest BCUT2D eigenvalue weighted by Crippen LogP contribution is 2.29. The van der Waals surface area contributed by atoms with Gasteiger partial charge in [-0.1, -0.05) is 43.2 Å². The van der Waals surface area contributed by atoms with Gasteiger partial charge >= 0.3 is 0 Å². The highest BCUT2D eigenvalue weighted by atomic mass is 32.1. The van der Waals surface area contributed by atoms with Gasteiger partial charge in [0.05, 0.1) is 11.2 Å². The SMILES string of the molecule is NC1(C(=O)N2CCN(Cc3csc(-c4ccccc4)n3)CC2)CCCC1. The number of nitrogens with zero attached hydrogens (tertiary/aromatic N) is 3. The molecule has 2 fully saturated rings. The van der Waals surface area contributed by atoms with Gasteiger partial charge in [-0.3, -0.25) is 9.69 Å². The lowest BCUT2D eigenvalue weighted by Gasteiger charge is -2.38. The molecule has 5 nitrogen and oxygen atoms in total. The summed E-state index contributed by atoms with van der Waals surface area (Å²) in [4.78, 5) is 21.8. The number of thiazole rings is 1. The molecule has 1 saturated carbocycles. The predicted molar refractivity (Wildman–Crippen MR) is 105 cm³/mol. The zero-order valence-corrected chi connectivity index (χ0v) is 15.9. The number of amides is 1. The molecule has 1 amide bonds. The van der Waals surface area contributed by atoms with Crippen molar-refractivity contribution in [1.82, 2.24) is 14.8 Å². The van der Waals surface area contributed by atoms with Gasteiger partial charge < -0.3 is 10.6 Å². The Kier molecular flexibility index (Phi) is 5.07. The first-order valence-electron chi connectivity index (χ1n) is 9.44. The number of nitrogens with two attached hydrogens (primary N) is 1. The van der Waals surface area contributed by atoms with Crippen LogP contribution in [0.2, 0.25) is 0 Å². The summed E-state index contributed by atoms with van der Waals surface area (Å²) in [5.41, 5.74) is 8.02. The molecule has 2 heterocycles. The normalized spacial score (nSPS) is 20.4. The van der Waals surface area contributed by atoms with Gasteiger partial charge in [0.15, 0.2) is 0 Å². The molecule has 2 N–H and O–H groups in total. The van der Waals surface area contributed by atoms with Crippen molar-refractivity contribution < 1.29 is 4.79 Å². The third-order valence-electron chi connectivity index (χ3n) is 5.54. The van der Waals surface area contributed by atoms with E-state index < -0.39 is 5.54 Å². The largest absolute Gasteiger partial charge is 0.339 e. The molecule has 2 aliphatic rings. The first-order valence-corrected chi connectivity index (χ1v) is 10.3. The van der Waals surface area contributed by atoms with Gasteiger partial charge in [0.1, 0.15) is 5.01 Å². The van der Waals surface area contributed by atoms with E-state index in [9.17, 15) is 4.79 Å². The van der Waals surface area contributed by atoms with Crippen LogP contribution in [0.4, 0.5) is 0 Å². The van der Waals surface area contributed by atoms with E-state index in [0.29, 0.717) is 0 Å². The minimum Gasteiger partial charge on any atom is -0.339 e. The summed E-state index contributed by atoms with van der Waals surface area (Å²) in [5.74, 6) is 0.162. The second-order valence-electron chi connectivity index (χ2n) is 7.44. The molecule has 0 atom stereocenters. The van der Waals surface area contributed by atoms with Crippen molar-refractivity contribution in [3.05, 3.63) is 41.4 Å². The first-order chi connectivity index (χ1) is 12.6. The summed E-state index contributed by atoms with van der Waals surface area (Å²) in [6.07, 6.45) is 3.84. The Labute approximate surface area is 158 Å². The molecule has 1 saturated heterocycles. The second kappa shape index (κ2) is 7.47. The fourth-order valence-electron chi connectivity index (χ4n) is 3.97. The number of benzene rings is 1. The zero-order valence-electron chi connectivity index (χ0n) is 15.1. The Hall–Kier alpha value is -1.76. The molecule has 26 heavy (non-hydrogen) atoms. The van der Waals surface area contributed by atoms with Crippen molar-refractivity contribution in [3.63, 3.8) is 0 Å². The van der Waals surface area contributed by atoms with Crippen LogP contribution in [0.25, 0.3) is 10.6 Å². The number of rotatable bonds is 4. The number of hydrogen-bond donors (Lipinski definition) is 1. The molecule has 1 aliphatic carbocycles. The molecule has 1 aliphatic heterocycles. The van der Waals surface area contributed by atoms with E-state index in [4.69, 9.17) is 10.7 Å². The van der Waals surface area contributed by atoms with Gasteiger partial charge in [-0.25, -0.2) is 4.98 Å². The van der Waals surface area contributed by atoms with Gasteiger partial charge in [-0.2, -0.15) is 0 Å². The lowest BCUT2D eigenvalue weighted by Crippen LogP contribution is -2.58. The molecule has 1 aromatic carbocycles. The molecule has 0 bridgehead atoms. The van der Waals surface area contributed by atoms with Crippen LogP contribution in [0.5, 0.6) is 0 Å². The lowest BCUT2D eigenvalue weighted by atomic mass is 9.97. The van der Waals surface area contributed by atoms with Crippen molar-refractivity contribution >= 4 is 17.2 Å². The maximum absolute atomic E-state index is 12.7. The first kappa shape index (κ1) is 17.6. The molecule has 0 radical (unpaired) electrons. The molecule has 2 aromatic rings. The summed E-state index contributed by atoms with van der Waals surface area (Å²) in [7, 11) is 0. The number of piperazine rings is 1. The van der Waals surface area contributed by atoms with Gasteiger partial charge in [0.2, 0.25) is 5.91 Å². The fourth-order valence-corrected chi connectivity index (χ4v) is 4.78. The van der Waals surface area contributed by atoms with Gasteiger partial charge in [-0.15, -0.1) is 11.3 Å². The van der Waals surface area contributed by atoms with Crippen molar-refractivity contribution in [2.45, 2.75) is 37.8 Å². The number of aromatic nitrogens is 1. The predicted octanol–water partition coefficient (Wildman–Crippen LogP) is 2.73. The second-order valence-corrected chi connectivity index (χ2v) is 8.30. The van der Waals surface area contributed by atoms with Crippen molar-refractivity contribution in [2.75, 3.05) is 26.2 Å². The molecular weight excluding hydrogens is 344 g/mol. The summed E-state index contributed by atoms with van der Waals surface area (Å²) < 4.78 is 0. The molecule has 0 spiro atoms. The third kappa shape index (κ3) is 3.68. The maximum atomic E-state index is 12.7. The van der Waals surface area contributed by atoms with Crippen LogP contribution in [0.15, 0.2) is 35.7 Å². The highest BCUT2D eigenvalue weighted by Gasteiger charge is 2.40. The molecule has 138 valence electrons. The summed E-state index contributed by atoms with van der Waals surface area (Å²) in [6, 6.07) is 10.3. The molecule has 4 rings (SSSR count). The third-order valence-corrected chi connectivity index (χ3v) is 6.48. The Morgan fingerprint density at radius 1 is 1.12 bits per heavy atom. The molecule has 0 unspecified atom stereocenters. The highest BCUT2D eigenvalue weighted by molar-refractivity contribution is 7.13.